The molecule has 3 atom stereocenters. The van der Waals surface area contributed by atoms with Crippen LogP contribution >= 0.6 is 11.6 Å². The van der Waals surface area contributed by atoms with E-state index in [9.17, 15) is 5.11 Å². The second kappa shape index (κ2) is 4.65. The molecule has 0 amide bonds. The monoisotopic (exact) mass is 290 g/mol. The normalized spacial score (nSPS) is 32.2. The van der Waals surface area contributed by atoms with Crippen molar-refractivity contribution in [2.75, 3.05) is 4.90 Å². The van der Waals surface area contributed by atoms with E-state index >= 15 is 0 Å². The van der Waals surface area contributed by atoms with Crippen molar-refractivity contribution >= 4 is 17.3 Å². The number of nitriles is 1. The largest absolute Gasteiger partial charge is 0.390 e. The molecule has 0 aromatic heterocycles. The number of benzene rings is 1. The average Bonchev–Trinajstić information content (AvgIpc) is 2.66. The first kappa shape index (κ1) is 13.7. The fourth-order valence-corrected chi connectivity index (χ4v) is 4.10. The third-order valence-electron chi connectivity index (χ3n) is 4.73. The molecule has 2 aliphatic heterocycles. The van der Waals surface area contributed by atoms with Gasteiger partial charge in [0.1, 0.15) is 6.07 Å². The van der Waals surface area contributed by atoms with E-state index in [1.165, 1.54) is 0 Å². The zero-order valence-electron chi connectivity index (χ0n) is 11.9. The fraction of sp³-hybridized carbons (Fsp3) is 0.562. The van der Waals surface area contributed by atoms with Crippen molar-refractivity contribution in [1.82, 2.24) is 0 Å². The quantitative estimate of drug-likeness (QED) is 0.862. The second-order valence-corrected chi connectivity index (χ2v) is 6.76. The summed E-state index contributed by atoms with van der Waals surface area (Å²) < 4.78 is 0. The van der Waals surface area contributed by atoms with E-state index in [0.717, 1.165) is 36.9 Å². The highest BCUT2D eigenvalue weighted by Gasteiger charge is 2.45. The van der Waals surface area contributed by atoms with Gasteiger partial charge in [0.25, 0.3) is 0 Å². The van der Waals surface area contributed by atoms with Gasteiger partial charge in [-0.3, -0.25) is 0 Å². The minimum Gasteiger partial charge on any atom is -0.390 e. The van der Waals surface area contributed by atoms with Crippen LogP contribution in [-0.4, -0.2) is 22.8 Å². The molecular formula is C16H19ClN2O. The Kier molecular flexibility index (Phi) is 3.19. The summed E-state index contributed by atoms with van der Waals surface area (Å²) in [6, 6.07) is 6.70. The summed E-state index contributed by atoms with van der Waals surface area (Å²) in [5.74, 6) is 0. The molecule has 3 nitrogen and oxygen atoms in total. The molecule has 2 fully saturated rings. The molecule has 0 spiro atoms. The lowest BCUT2D eigenvalue weighted by molar-refractivity contribution is 0.0199. The number of hydrogen-bond donors (Lipinski definition) is 1. The molecule has 106 valence electrons. The zero-order chi connectivity index (χ0) is 14.5. The first-order valence-corrected chi connectivity index (χ1v) is 7.50. The zero-order valence-corrected chi connectivity index (χ0v) is 12.6. The van der Waals surface area contributed by atoms with Crippen molar-refractivity contribution in [3.8, 4) is 6.07 Å². The number of nitrogens with zero attached hydrogens (tertiary/aromatic N) is 2. The summed E-state index contributed by atoms with van der Waals surface area (Å²) in [6.07, 6.45) is 3.86. The number of rotatable bonds is 1. The van der Waals surface area contributed by atoms with Gasteiger partial charge in [-0.15, -0.1) is 0 Å². The van der Waals surface area contributed by atoms with Crippen LogP contribution in [0, 0.1) is 18.3 Å². The van der Waals surface area contributed by atoms with Gasteiger partial charge in [-0.25, -0.2) is 0 Å². The molecule has 0 saturated carbocycles. The average molecular weight is 291 g/mol. The summed E-state index contributed by atoms with van der Waals surface area (Å²) >= 11 is 6.29. The number of aliphatic hydroxyl groups is 1. The van der Waals surface area contributed by atoms with E-state index in [-0.39, 0.29) is 0 Å². The van der Waals surface area contributed by atoms with Crippen LogP contribution < -0.4 is 4.90 Å². The Morgan fingerprint density at radius 1 is 1.35 bits per heavy atom. The van der Waals surface area contributed by atoms with Gasteiger partial charge in [0.2, 0.25) is 0 Å². The van der Waals surface area contributed by atoms with Crippen molar-refractivity contribution in [3.63, 3.8) is 0 Å². The molecule has 0 radical (unpaired) electrons. The van der Waals surface area contributed by atoms with Crippen LogP contribution in [0.5, 0.6) is 0 Å². The predicted octanol–water partition coefficient (Wildman–Crippen LogP) is 3.40. The molecular weight excluding hydrogens is 272 g/mol. The molecule has 1 aromatic carbocycles. The van der Waals surface area contributed by atoms with Crippen LogP contribution in [0.3, 0.4) is 0 Å². The van der Waals surface area contributed by atoms with Crippen LogP contribution in [0.25, 0.3) is 0 Å². The Hall–Kier alpha value is -1.24. The Labute approximate surface area is 124 Å². The molecule has 3 rings (SSSR count). The Balaban J connectivity index is 2.00. The highest BCUT2D eigenvalue weighted by molar-refractivity contribution is 6.32. The van der Waals surface area contributed by atoms with Crippen LogP contribution in [0.1, 0.15) is 43.7 Å². The van der Waals surface area contributed by atoms with Crippen LogP contribution in [0.15, 0.2) is 12.1 Å². The van der Waals surface area contributed by atoms with Gasteiger partial charge in [-0.05, 0) is 57.2 Å². The van der Waals surface area contributed by atoms with E-state index in [1.54, 1.807) is 6.07 Å². The smallest absolute Gasteiger partial charge is 0.101 e. The fourth-order valence-electron chi connectivity index (χ4n) is 3.89. The molecule has 4 heteroatoms. The van der Waals surface area contributed by atoms with Crippen molar-refractivity contribution in [2.45, 2.75) is 57.2 Å². The van der Waals surface area contributed by atoms with E-state index in [4.69, 9.17) is 16.9 Å². The first-order chi connectivity index (χ1) is 9.43. The topological polar surface area (TPSA) is 47.3 Å². The van der Waals surface area contributed by atoms with Crippen molar-refractivity contribution in [3.05, 3.63) is 28.3 Å². The van der Waals surface area contributed by atoms with E-state index in [0.29, 0.717) is 22.7 Å². The molecule has 0 aliphatic carbocycles. The highest BCUT2D eigenvalue weighted by Crippen LogP contribution is 2.45. The lowest BCUT2D eigenvalue weighted by Gasteiger charge is -2.44. The second-order valence-electron chi connectivity index (χ2n) is 6.38. The molecule has 2 heterocycles. The van der Waals surface area contributed by atoms with Crippen LogP contribution in [-0.2, 0) is 0 Å². The summed E-state index contributed by atoms with van der Waals surface area (Å²) in [5.41, 5.74) is 2.08. The van der Waals surface area contributed by atoms with Gasteiger partial charge in [-0.1, -0.05) is 11.6 Å². The molecule has 20 heavy (non-hydrogen) atoms. The minimum absolute atomic E-state index is 0.381. The molecule has 0 unspecified atom stereocenters. The maximum atomic E-state index is 10.3. The third kappa shape index (κ3) is 2.08. The number of piperidine rings is 1. The Morgan fingerprint density at radius 3 is 2.50 bits per heavy atom. The molecule has 2 saturated heterocycles. The van der Waals surface area contributed by atoms with Gasteiger partial charge in [0.15, 0.2) is 0 Å². The maximum Gasteiger partial charge on any atom is 0.101 e. The summed E-state index contributed by atoms with van der Waals surface area (Å²) in [6.45, 7) is 3.92. The van der Waals surface area contributed by atoms with Crippen LogP contribution in [0.4, 0.5) is 5.69 Å². The number of fused-ring (bicyclic) bond motifs is 2. The van der Waals surface area contributed by atoms with Gasteiger partial charge >= 0.3 is 0 Å². The summed E-state index contributed by atoms with van der Waals surface area (Å²) in [4.78, 5) is 2.42. The van der Waals surface area contributed by atoms with E-state index in [2.05, 4.69) is 11.0 Å². The number of anilines is 1. The van der Waals surface area contributed by atoms with Crippen molar-refractivity contribution < 1.29 is 5.11 Å². The molecule has 2 aliphatic rings. The number of halogens is 1. The first-order valence-electron chi connectivity index (χ1n) is 7.13. The highest BCUT2D eigenvalue weighted by atomic mass is 35.5. The maximum absolute atomic E-state index is 10.3. The van der Waals surface area contributed by atoms with E-state index in [1.807, 2.05) is 19.9 Å². The lowest BCUT2D eigenvalue weighted by atomic mass is 9.87. The van der Waals surface area contributed by atoms with Gasteiger partial charge in [-0.2, -0.15) is 5.26 Å². The number of hydrogen-bond acceptors (Lipinski definition) is 3. The lowest BCUT2D eigenvalue weighted by Crippen LogP contribution is -2.50. The summed E-state index contributed by atoms with van der Waals surface area (Å²) in [7, 11) is 0. The molecule has 1 aromatic rings. The Morgan fingerprint density at radius 2 is 1.95 bits per heavy atom. The third-order valence-corrected chi connectivity index (χ3v) is 5.21. The van der Waals surface area contributed by atoms with Crippen LogP contribution in [0.2, 0.25) is 5.02 Å². The van der Waals surface area contributed by atoms with Gasteiger partial charge in [0, 0.05) is 17.8 Å². The summed E-state index contributed by atoms with van der Waals surface area (Å²) in [5, 5.41) is 19.9. The van der Waals surface area contributed by atoms with Crippen molar-refractivity contribution in [1.29, 1.82) is 5.26 Å². The minimum atomic E-state index is -0.549. The van der Waals surface area contributed by atoms with E-state index < -0.39 is 5.60 Å². The molecule has 2 bridgehead atoms. The predicted molar refractivity (Wildman–Crippen MR) is 80.1 cm³/mol. The molecule has 1 N–H and O–H groups in total. The Bertz CT molecular complexity index is 575. The van der Waals surface area contributed by atoms with Gasteiger partial charge in [0.05, 0.1) is 16.2 Å². The van der Waals surface area contributed by atoms with Gasteiger partial charge < -0.3 is 10.0 Å². The SMILES string of the molecule is Cc1c(N2[C@@H]3CC[C@H]2C[C@](C)(O)C3)ccc(C#N)c1Cl. The standard InChI is InChI=1S/C16H19ClN2O/c1-10-14(6-3-11(9-18)15(10)17)19-12-4-5-13(19)8-16(2,20)7-12/h3,6,12-13,20H,4-5,7-8H2,1-2H3/t12-,13+,16-. The van der Waals surface area contributed by atoms with Crippen molar-refractivity contribution in [2.24, 2.45) is 0 Å².